The Morgan fingerprint density at radius 3 is 2.35 bits per heavy atom. The fourth-order valence-corrected chi connectivity index (χ4v) is 1.83. The van der Waals surface area contributed by atoms with Crippen LogP contribution in [0.5, 0.6) is 11.5 Å². The van der Waals surface area contributed by atoms with Gasteiger partial charge in [0.2, 0.25) is 0 Å². The van der Waals surface area contributed by atoms with E-state index in [0.29, 0.717) is 17.0 Å². The molecular weight excluding hydrogens is 272 g/mol. The molecule has 0 bridgehead atoms. The zero-order chi connectivity index (χ0) is 14.4. The molecule has 0 atom stereocenters. The summed E-state index contributed by atoms with van der Waals surface area (Å²) in [5, 5.41) is 3.87. The van der Waals surface area contributed by atoms with E-state index < -0.39 is 0 Å². The summed E-state index contributed by atoms with van der Waals surface area (Å²) in [6, 6.07) is 16.8. The quantitative estimate of drug-likeness (QED) is 0.521. The molecule has 20 heavy (non-hydrogen) atoms. The summed E-state index contributed by atoms with van der Waals surface area (Å²) in [5.74, 6) is 1.34. The minimum absolute atomic E-state index is 0.149. The van der Waals surface area contributed by atoms with Crippen molar-refractivity contribution < 1.29 is 9.57 Å². The molecule has 0 aromatic heterocycles. The van der Waals surface area contributed by atoms with E-state index >= 15 is 0 Å². The van der Waals surface area contributed by atoms with E-state index in [1.807, 2.05) is 54.6 Å². The molecule has 0 spiro atoms. The molecule has 2 rings (SSSR count). The van der Waals surface area contributed by atoms with Crippen molar-refractivity contribution in [2.24, 2.45) is 10.9 Å². The highest BCUT2D eigenvalue weighted by atomic mass is 32.1. The van der Waals surface area contributed by atoms with Gasteiger partial charge in [0, 0.05) is 5.56 Å². The Morgan fingerprint density at radius 2 is 1.70 bits per heavy atom. The van der Waals surface area contributed by atoms with Crippen molar-refractivity contribution in [3.8, 4) is 11.5 Å². The van der Waals surface area contributed by atoms with E-state index in [2.05, 4.69) is 5.16 Å². The van der Waals surface area contributed by atoms with Gasteiger partial charge in [-0.05, 0) is 24.3 Å². The summed E-state index contributed by atoms with van der Waals surface area (Å²) in [4.78, 5) is 4.94. The van der Waals surface area contributed by atoms with E-state index in [1.165, 1.54) is 7.11 Å². The van der Waals surface area contributed by atoms with Gasteiger partial charge in [0.05, 0.1) is 0 Å². The number of hydrogen-bond donors (Lipinski definition) is 1. The van der Waals surface area contributed by atoms with E-state index in [4.69, 9.17) is 27.5 Å². The van der Waals surface area contributed by atoms with Gasteiger partial charge in [0.25, 0.3) is 0 Å². The second-order valence-corrected chi connectivity index (χ2v) is 4.34. The number of benzene rings is 2. The Labute approximate surface area is 122 Å². The number of thiocarbonyl (C=S) groups is 1. The van der Waals surface area contributed by atoms with Crippen molar-refractivity contribution in [3.05, 3.63) is 60.2 Å². The third-order valence-corrected chi connectivity index (χ3v) is 2.72. The number of nitrogens with two attached hydrogens (primary N) is 1. The van der Waals surface area contributed by atoms with Crippen molar-refractivity contribution in [1.82, 2.24) is 0 Å². The van der Waals surface area contributed by atoms with Crippen molar-refractivity contribution in [2.75, 3.05) is 7.11 Å². The average Bonchev–Trinajstić information content (AvgIpc) is 2.46. The first-order valence-corrected chi connectivity index (χ1v) is 6.36. The average molecular weight is 286 g/mol. The summed E-state index contributed by atoms with van der Waals surface area (Å²) in [5.41, 5.74) is 6.75. The standard InChI is InChI=1S/C15H14N2O2S/c1-18-17-14(15(16)20)12-9-5-6-10-13(12)19-11-7-3-2-4-8-11/h2-10H,1H3,(H2,16,20). The van der Waals surface area contributed by atoms with Crippen LogP contribution in [0, 0.1) is 0 Å². The van der Waals surface area contributed by atoms with Crippen LogP contribution in [0.3, 0.4) is 0 Å². The molecule has 2 aromatic rings. The van der Waals surface area contributed by atoms with E-state index in [9.17, 15) is 0 Å². The Morgan fingerprint density at radius 1 is 1.05 bits per heavy atom. The lowest BCUT2D eigenvalue weighted by Gasteiger charge is -2.11. The molecule has 4 nitrogen and oxygen atoms in total. The molecule has 0 heterocycles. The van der Waals surface area contributed by atoms with Gasteiger partial charge in [-0.3, -0.25) is 0 Å². The van der Waals surface area contributed by atoms with Crippen LogP contribution in [0.25, 0.3) is 0 Å². The highest BCUT2D eigenvalue weighted by Crippen LogP contribution is 2.25. The van der Waals surface area contributed by atoms with Crippen LogP contribution < -0.4 is 10.5 Å². The van der Waals surface area contributed by atoms with Gasteiger partial charge < -0.3 is 15.3 Å². The molecule has 0 saturated carbocycles. The zero-order valence-electron chi connectivity index (χ0n) is 10.9. The maximum atomic E-state index is 5.84. The lowest BCUT2D eigenvalue weighted by Crippen LogP contribution is -2.23. The molecule has 0 aliphatic heterocycles. The van der Waals surface area contributed by atoms with Gasteiger partial charge in [-0.2, -0.15) is 0 Å². The monoisotopic (exact) mass is 286 g/mol. The molecule has 2 aromatic carbocycles. The Hall–Kier alpha value is -2.40. The SMILES string of the molecule is CON=C(C(N)=S)c1ccccc1Oc1ccccc1. The number of para-hydroxylation sites is 2. The summed E-state index contributed by atoms with van der Waals surface area (Å²) >= 11 is 5.00. The summed E-state index contributed by atoms with van der Waals surface area (Å²) in [7, 11) is 1.44. The minimum atomic E-state index is 0.149. The van der Waals surface area contributed by atoms with Gasteiger partial charge in [0.15, 0.2) is 0 Å². The van der Waals surface area contributed by atoms with E-state index in [-0.39, 0.29) is 4.99 Å². The van der Waals surface area contributed by atoms with Crippen LogP contribution >= 0.6 is 12.2 Å². The second kappa shape index (κ2) is 6.68. The number of oxime groups is 1. The maximum Gasteiger partial charge on any atom is 0.147 e. The molecule has 0 fully saturated rings. The van der Waals surface area contributed by atoms with Crippen LogP contribution in [0.2, 0.25) is 0 Å². The zero-order valence-corrected chi connectivity index (χ0v) is 11.8. The van der Waals surface area contributed by atoms with Crippen molar-refractivity contribution in [3.63, 3.8) is 0 Å². The highest BCUT2D eigenvalue weighted by molar-refractivity contribution is 7.82. The molecule has 0 aliphatic carbocycles. The molecule has 0 amide bonds. The van der Waals surface area contributed by atoms with E-state index in [0.717, 1.165) is 5.75 Å². The third-order valence-electron chi connectivity index (χ3n) is 2.53. The summed E-state index contributed by atoms with van der Waals surface area (Å²) in [6.07, 6.45) is 0. The number of nitrogens with zero attached hydrogens (tertiary/aromatic N) is 1. The van der Waals surface area contributed by atoms with Crippen LogP contribution in [-0.2, 0) is 4.84 Å². The lowest BCUT2D eigenvalue weighted by atomic mass is 10.1. The van der Waals surface area contributed by atoms with Crippen molar-refractivity contribution in [2.45, 2.75) is 0 Å². The highest BCUT2D eigenvalue weighted by Gasteiger charge is 2.14. The van der Waals surface area contributed by atoms with Crippen LogP contribution in [0.1, 0.15) is 5.56 Å². The molecule has 102 valence electrons. The van der Waals surface area contributed by atoms with Gasteiger partial charge in [-0.15, -0.1) is 0 Å². The Kier molecular flexibility index (Phi) is 4.68. The molecule has 2 N–H and O–H groups in total. The van der Waals surface area contributed by atoms with Gasteiger partial charge in [-0.1, -0.05) is 47.7 Å². The molecular formula is C15H14N2O2S. The number of ether oxygens (including phenoxy) is 1. The summed E-state index contributed by atoms with van der Waals surface area (Å²) < 4.78 is 5.84. The number of rotatable bonds is 5. The van der Waals surface area contributed by atoms with Crippen LogP contribution in [0.4, 0.5) is 0 Å². The van der Waals surface area contributed by atoms with Gasteiger partial charge in [0.1, 0.15) is 29.3 Å². The molecule has 0 radical (unpaired) electrons. The van der Waals surface area contributed by atoms with Crippen molar-refractivity contribution >= 4 is 22.9 Å². The smallest absolute Gasteiger partial charge is 0.147 e. The lowest BCUT2D eigenvalue weighted by molar-refractivity contribution is 0.214. The van der Waals surface area contributed by atoms with Crippen molar-refractivity contribution in [1.29, 1.82) is 0 Å². The first-order chi connectivity index (χ1) is 9.72. The fraction of sp³-hybridized carbons (Fsp3) is 0.0667. The Balaban J connectivity index is 2.40. The first-order valence-electron chi connectivity index (χ1n) is 5.95. The predicted molar refractivity (Wildman–Crippen MR) is 83.3 cm³/mol. The predicted octanol–water partition coefficient (Wildman–Crippen LogP) is 3.12. The topological polar surface area (TPSA) is 56.8 Å². The molecule has 0 aliphatic rings. The second-order valence-electron chi connectivity index (χ2n) is 3.90. The molecule has 0 unspecified atom stereocenters. The Bertz CT molecular complexity index is 627. The maximum absolute atomic E-state index is 5.84. The molecule has 5 heteroatoms. The summed E-state index contributed by atoms with van der Waals surface area (Å²) in [6.45, 7) is 0. The van der Waals surface area contributed by atoms with Crippen LogP contribution in [-0.4, -0.2) is 17.8 Å². The minimum Gasteiger partial charge on any atom is -0.457 e. The van der Waals surface area contributed by atoms with Gasteiger partial charge in [-0.25, -0.2) is 0 Å². The van der Waals surface area contributed by atoms with E-state index in [1.54, 1.807) is 0 Å². The number of hydrogen-bond acceptors (Lipinski definition) is 4. The first kappa shape index (κ1) is 14.0. The third kappa shape index (κ3) is 3.33. The van der Waals surface area contributed by atoms with Gasteiger partial charge >= 0.3 is 0 Å². The van der Waals surface area contributed by atoms with Crippen LogP contribution in [0.15, 0.2) is 59.8 Å². The normalized spacial score (nSPS) is 10.9. The fourth-order valence-electron chi connectivity index (χ4n) is 1.68. The largest absolute Gasteiger partial charge is 0.457 e. The molecule has 0 saturated heterocycles.